The van der Waals surface area contributed by atoms with Gasteiger partial charge in [-0.2, -0.15) is 0 Å². The van der Waals surface area contributed by atoms with Crippen LogP contribution in [0.2, 0.25) is 0 Å². The minimum Gasteiger partial charge on any atom is -0.493 e. The van der Waals surface area contributed by atoms with Crippen LogP contribution in [0.3, 0.4) is 0 Å². The highest BCUT2D eigenvalue weighted by Gasteiger charge is 2.28. The average Bonchev–Trinajstić information content (AvgIpc) is 3.19. The van der Waals surface area contributed by atoms with Crippen molar-refractivity contribution < 1.29 is 28.5 Å². The molecule has 10 nitrogen and oxygen atoms in total. The van der Waals surface area contributed by atoms with Gasteiger partial charge in [0.15, 0.2) is 17.1 Å². The topological polar surface area (TPSA) is 139 Å². The summed E-state index contributed by atoms with van der Waals surface area (Å²) in [4.78, 5) is 35.9. The highest BCUT2D eigenvalue weighted by atomic mass is 16.5. The number of aromatic nitrogens is 3. The van der Waals surface area contributed by atoms with Crippen molar-refractivity contribution in [3.05, 3.63) is 30.1 Å². The minimum absolute atomic E-state index is 0.159. The summed E-state index contributed by atoms with van der Waals surface area (Å²) in [6.07, 6.45) is 3.02. The van der Waals surface area contributed by atoms with Gasteiger partial charge >= 0.3 is 5.97 Å². The van der Waals surface area contributed by atoms with Gasteiger partial charge in [-0.1, -0.05) is 0 Å². The maximum atomic E-state index is 12.6. The average molecular weight is 428 g/mol. The largest absolute Gasteiger partial charge is 0.493 e. The Bertz CT molecular complexity index is 1110. The van der Waals surface area contributed by atoms with Crippen LogP contribution in [0.4, 0.5) is 0 Å². The van der Waals surface area contributed by atoms with Crippen molar-refractivity contribution in [2.75, 3.05) is 27.9 Å². The first-order valence-electron chi connectivity index (χ1n) is 9.33. The van der Waals surface area contributed by atoms with E-state index < -0.39 is 17.3 Å². The number of rotatable bonds is 8. The number of nitrogens with one attached hydrogen (secondary N) is 1. The molecule has 31 heavy (non-hydrogen) atoms. The summed E-state index contributed by atoms with van der Waals surface area (Å²) < 4.78 is 21.4. The number of hydrogen-bond donors (Lipinski definition) is 2. The number of hydrogen-bond acceptors (Lipinski definition) is 8. The lowest BCUT2D eigenvalue weighted by molar-refractivity contribution is -0.127. The lowest BCUT2D eigenvalue weighted by Crippen LogP contribution is -2.36. The molecule has 2 heterocycles. The van der Waals surface area contributed by atoms with E-state index in [0.29, 0.717) is 39.7 Å². The Morgan fingerprint density at radius 1 is 1.10 bits per heavy atom. The number of benzene rings is 1. The molecule has 0 aliphatic carbocycles. The van der Waals surface area contributed by atoms with Gasteiger partial charge in [0, 0.05) is 11.8 Å². The molecule has 0 spiro atoms. The van der Waals surface area contributed by atoms with Crippen LogP contribution in [0.1, 0.15) is 24.2 Å². The van der Waals surface area contributed by atoms with E-state index >= 15 is 0 Å². The lowest BCUT2D eigenvalue weighted by Gasteiger charge is -2.19. The third-order valence-electron chi connectivity index (χ3n) is 4.79. The summed E-state index contributed by atoms with van der Waals surface area (Å²) in [5, 5.41) is 0. The van der Waals surface area contributed by atoms with Crippen LogP contribution in [0.15, 0.2) is 24.5 Å². The number of ether oxygens (including phenoxy) is 4. The quantitative estimate of drug-likeness (QED) is 0.521. The van der Waals surface area contributed by atoms with Crippen LogP contribution in [0, 0.1) is 5.41 Å². The number of carbonyl (C=O) groups excluding carboxylic acids is 2. The van der Waals surface area contributed by atoms with E-state index in [-0.39, 0.29) is 12.2 Å². The molecule has 10 heteroatoms. The molecular formula is C21H24N4O6. The number of fused-ring (bicyclic) bond motifs is 1. The van der Waals surface area contributed by atoms with Gasteiger partial charge in [0.1, 0.15) is 17.7 Å². The van der Waals surface area contributed by atoms with Gasteiger partial charge < -0.3 is 29.7 Å². The van der Waals surface area contributed by atoms with Crippen molar-refractivity contribution in [1.82, 2.24) is 15.0 Å². The lowest BCUT2D eigenvalue weighted by atomic mass is 9.94. The number of esters is 1. The molecule has 0 saturated carbocycles. The first kappa shape index (κ1) is 21.9. The molecule has 164 valence electrons. The smallest absolute Gasteiger partial charge is 0.342 e. The fraction of sp³-hybridized carbons (Fsp3) is 0.333. The zero-order valence-electron chi connectivity index (χ0n) is 17.9. The summed E-state index contributed by atoms with van der Waals surface area (Å²) in [6.45, 7) is 3.04. The van der Waals surface area contributed by atoms with Crippen LogP contribution in [0.25, 0.3) is 22.4 Å². The predicted octanol–water partition coefficient (Wildman–Crippen LogP) is 2.32. The second-order valence-corrected chi connectivity index (χ2v) is 7.39. The van der Waals surface area contributed by atoms with E-state index in [1.165, 1.54) is 27.5 Å². The van der Waals surface area contributed by atoms with Crippen LogP contribution < -0.4 is 19.9 Å². The molecule has 1 amide bonds. The molecule has 0 aliphatic heterocycles. The number of carbonyl (C=O) groups is 2. The maximum Gasteiger partial charge on any atom is 0.342 e. The van der Waals surface area contributed by atoms with Gasteiger partial charge in [0.25, 0.3) is 0 Å². The van der Waals surface area contributed by atoms with Crippen molar-refractivity contribution in [2.45, 2.75) is 13.8 Å². The van der Waals surface area contributed by atoms with Gasteiger partial charge in [-0.15, -0.1) is 0 Å². The molecule has 0 bridgehead atoms. The van der Waals surface area contributed by atoms with Crippen LogP contribution in [-0.4, -0.2) is 54.8 Å². The summed E-state index contributed by atoms with van der Waals surface area (Å²) in [5.74, 6) is 0.161. The van der Waals surface area contributed by atoms with Crippen LogP contribution in [-0.2, 0) is 9.53 Å². The van der Waals surface area contributed by atoms with E-state index in [1.54, 1.807) is 32.2 Å². The number of methoxy groups -OCH3 is 3. The number of primary amides is 1. The van der Waals surface area contributed by atoms with Crippen molar-refractivity contribution >= 4 is 23.0 Å². The number of aromatic amines is 1. The third-order valence-corrected chi connectivity index (χ3v) is 4.79. The molecular weight excluding hydrogens is 404 g/mol. The van der Waals surface area contributed by atoms with E-state index in [2.05, 4.69) is 15.0 Å². The predicted molar refractivity (Wildman–Crippen MR) is 112 cm³/mol. The molecule has 0 fully saturated rings. The Labute approximate surface area is 178 Å². The summed E-state index contributed by atoms with van der Waals surface area (Å²) in [7, 11) is 4.55. The van der Waals surface area contributed by atoms with Crippen molar-refractivity contribution in [1.29, 1.82) is 0 Å². The number of nitrogens with two attached hydrogens (primary N) is 1. The second kappa shape index (κ2) is 8.50. The fourth-order valence-electron chi connectivity index (χ4n) is 2.81. The van der Waals surface area contributed by atoms with Crippen molar-refractivity contribution in [3.63, 3.8) is 0 Å². The maximum absolute atomic E-state index is 12.6. The van der Waals surface area contributed by atoms with Gasteiger partial charge in [-0.25, -0.2) is 14.8 Å². The molecule has 2 aromatic heterocycles. The zero-order valence-corrected chi connectivity index (χ0v) is 17.9. The Morgan fingerprint density at radius 3 is 2.29 bits per heavy atom. The standard InChI is InChI=1S/C21H24N4O6/c1-21(2,20(22)27)10-31-19(26)12-8-23-18-16(12)25-13(9-24-18)11-6-14(28-3)17(30-5)15(7-11)29-4/h6-9H,10H2,1-5H3,(H2,22,27)(H,23,24). The number of H-pyrrole nitrogens is 1. The zero-order chi connectivity index (χ0) is 22.8. The van der Waals surface area contributed by atoms with Gasteiger partial charge in [-0.3, -0.25) is 4.79 Å². The van der Waals surface area contributed by atoms with Gasteiger partial charge in [0.05, 0.1) is 38.6 Å². The Balaban J connectivity index is 1.99. The first-order chi connectivity index (χ1) is 14.7. The molecule has 3 aromatic rings. The number of amides is 1. The SMILES string of the molecule is COc1cc(-c2cnc3[nH]cc(C(=O)OCC(C)(C)C(N)=O)c3n2)cc(OC)c1OC. The molecule has 0 radical (unpaired) electrons. The number of nitrogens with zero attached hydrogens (tertiary/aromatic N) is 2. The van der Waals surface area contributed by atoms with Crippen molar-refractivity contribution in [2.24, 2.45) is 11.1 Å². The van der Waals surface area contributed by atoms with Crippen molar-refractivity contribution in [3.8, 4) is 28.5 Å². The highest BCUT2D eigenvalue weighted by molar-refractivity contribution is 6.01. The van der Waals surface area contributed by atoms with E-state index in [1.807, 2.05) is 0 Å². The van der Waals surface area contributed by atoms with Crippen LogP contribution in [0.5, 0.6) is 17.2 Å². The van der Waals surface area contributed by atoms with E-state index in [9.17, 15) is 9.59 Å². The molecule has 0 saturated heterocycles. The van der Waals surface area contributed by atoms with E-state index in [0.717, 1.165) is 0 Å². The van der Waals surface area contributed by atoms with Gasteiger partial charge in [0.2, 0.25) is 11.7 Å². The second-order valence-electron chi connectivity index (χ2n) is 7.39. The Hall–Kier alpha value is -3.82. The molecule has 0 aliphatic rings. The van der Waals surface area contributed by atoms with Gasteiger partial charge in [-0.05, 0) is 26.0 Å². The normalized spacial score (nSPS) is 11.3. The highest BCUT2D eigenvalue weighted by Crippen LogP contribution is 2.40. The monoisotopic (exact) mass is 428 g/mol. The Morgan fingerprint density at radius 2 is 1.74 bits per heavy atom. The minimum atomic E-state index is -0.991. The first-order valence-corrected chi connectivity index (χ1v) is 9.33. The molecule has 1 aromatic carbocycles. The molecule has 0 atom stereocenters. The van der Waals surface area contributed by atoms with E-state index in [4.69, 9.17) is 24.7 Å². The molecule has 0 unspecified atom stereocenters. The third kappa shape index (κ3) is 4.23. The summed E-state index contributed by atoms with van der Waals surface area (Å²) in [6, 6.07) is 3.47. The summed E-state index contributed by atoms with van der Waals surface area (Å²) >= 11 is 0. The molecule has 3 rings (SSSR count). The summed E-state index contributed by atoms with van der Waals surface area (Å²) in [5.41, 5.74) is 6.41. The van der Waals surface area contributed by atoms with Crippen LogP contribution >= 0.6 is 0 Å². The Kier molecular flexibility index (Phi) is 6.00. The fourth-order valence-corrected chi connectivity index (χ4v) is 2.81. The molecule has 3 N–H and O–H groups in total.